The third-order valence-corrected chi connectivity index (χ3v) is 2.08. The number of nitrogens with one attached hydrogen (secondary N) is 3. The summed E-state index contributed by atoms with van der Waals surface area (Å²) in [6, 6.07) is 5.28. The molecule has 0 aliphatic heterocycles. The summed E-state index contributed by atoms with van der Waals surface area (Å²) in [7, 11) is 0. The molecule has 16 heavy (non-hydrogen) atoms. The second-order valence-corrected chi connectivity index (χ2v) is 3.27. The van der Waals surface area contributed by atoms with E-state index >= 15 is 0 Å². The number of hydrogen-bond donors (Lipinski definition) is 3. The molecule has 0 saturated carbocycles. The molecular weight excluding hydrogens is 204 g/mol. The van der Waals surface area contributed by atoms with E-state index in [2.05, 4.69) is 20.8 Å². The second-order valence-electron chi connectivity index (χ2n) is 3.27. The van der Waals surface area contributed by atoms with Crippen molar-refractivity contribution in [2.45, 2.75) is 6.92 Å². The van der Waals surface area contributed by atoms with E-state index in [0.717, 1.165) is 16.6 Å². The smallest absolute Gasteiger partial charge is 0.315 e. The number of urea groups is 1. The second kappa shape index (κ2) is 4.48. The number of allylic oxidation sites excluding steroid dienone is 1. The van der Waals surface area contributed by atoms with Crippen LogP contribution in [-0.4, -0.2) is 16.2 Å². The molecule has 0 bridgehead atoms. The average molecular weight is 216 g/mol. The van der Waals surface area contributed by atoms with Crippen molar-refractivity contribution in [2.75, 3.05) is 5.32 Å². The van der Waals surface area contributed by atoms with Crippen molar-refractivity contribution < 1.29 is 4.79 Å². The van der Waals surface area contributed by atoms with E-state index in [1.54, 1.807) is 18.5 Å². The quantitative estimate of drug-likeness (QED) is 0.720. The number of H-pyrrole nitrogens is 1. The van der Waals surface area contributed by atoms with Crippen molar-refractivity contribution in [2.24, 2.45) is 0 Å². The number of carbonyl (C=O) groups excluding carboxylic acids is 1. The van der Waals surface area contributed by atoms with Crippen molar-refractivity contribution in [3.05, 3.63) is 36.7 Å². The first kappa shape index (κ1) is 10.2. The SMILES string of the molecule is C/C=C/NC(=O)Nc1ccc2cn[nH]c2c1. The van der Waals surface area contributed by atoms with Gasteiger partial charge in [-0.15, -0.1) is 0 Å². The lowest BCUT2D eigenvalue weighted by atomic mass is 10.2. The van der Waals surface area contributed by atoms with Crippen LogP contribution in [0.15, 0.2) is 36.7 Å². The zero-order valence-electron chi connectivity index (χ0n) is 8.82. The van der Waals surface area contributed by atoms with Gasteiger partial charge in [-0.1, -0.05) is 6.08 Å². The molecule has 82 valence electrons. The van der Waals surface area contributed by atoms with Crippen molar-refractivity contribution in [1.29, 1.82) is 0 Å². The molecule has 5 heteroatoms. The maximum absolute atomic E-state index is 11.3. The first-order valence-electron chi connectivity index (χ1n) is 4.91. The lowest BCUT2D eigenvalue weighted by molar-refractivity contribution is 0.255. The predicted molar refractivity (Wildman–Crippen MR) is 63.1 cm³/mol. The Hall–Kier alpha value is -2.30. The minimum Gasteiger partial charge on any atom is -0.315 e. The minimum atomic E-state index is -0.267. The summed E-state index contributed by atoms with van der Waals surface area (Å²) in [5.41, 5.74) is 1.61. The Balaban J connectivity index is 2.11. The summed E-state index contributed by atoms with van der Waals surface area (Å²) >= 11 is 0. The highest BCUT2D eigenvalue weighted by Gasteiger charge is 2.01. The Morgan fingerprint density at radius 2 is 2.38 bits per heavy atom. The fourth-order valence-corrected chi connectivity index (χ4v) is 1.34. The van der Waals surface area contributed by atoms with E-state index in [0.29, 0.717) is 0 Å². The number of nitrogens with zero attached hydrogens (tertiary/aromatic N) is 1. The molecule has 0 radical (unpaired) electrons. The zero-order valence-corrected chi connectivity index (χ0v) is 8.82. The Bertz CT molecular complexity index is 530. The van der Waals surface area contributed by atoms with Gasteiger partial charge in [0, 0.05) is 17.3 Å². The summed E-state index contributed by atoms with van der Waals surface area (Å²) in [5.74, 6) is 0. The van der Waals surface area contributed by atoms with Crippen LogP contribution in [0.5, 0.6) is 0 Å². The van der Waals surface area contributed by atoms with E-state index in [4.69, 9.17) is 0 Å². The predicted octanol–water partition coefficient (Wildman–Crippen LogP) is 2.22. The largest absolute Gasteiger partial charge is 0.323 e. The monoisotopic (exact) mass is 216 g/mol. The van der Waals surface area contributed by atoms with Crippen molar-refractivity contribution in [3.63, 3.8) is 0 Å². The summed E-state index contributed by atoms with van der Waals surface area (Å²) in [6.07, 6.45) is 5.06. The molecule has 2 amide bonds. The molecule has 0 saturated heterocycles. The van der Waals surface area contributed by atoms with Gasteiger partial charge in [0.2, 0.25) is 0 Å². The topological polar surface area (TPSA) is 69.8 Å². The number of aromatic nitrogens is 2. The van der Waals surface area contributed by atoms with Gasteiger partial charge in [0.15, 0.2) is 0 Å². The van der Waals surface area contributed by atoms with E-state index in [-0.39, 0.29) is 6.03 Å². The highest BCUT2D eigenvalue weighted by Crippen LogP contribution is 2.16. The molecular formula is C11H12N4O. The molecule has 2 rings (SSSR count). The molecule has 0 atom stereocenters. The number of hydrogen-bond acceptors (Lipinski definition) is 2. The van der Waals surface area contributed by atoms with Gasteiger partial charge in [-0.2, -0.15) is 5.10 Å². The van der Waals surface area contributed by atoms with Crippen LogP contribution in [-0.2, 0) is 0 Å². The number of anilines is 1. The van der Waals surface area contributed by atoms with Gasteiger partial charge in [0.25, 0.3) is 0 Å². The number of carbonyl (C=O) groups is 1. The number of aromatic amines is 1. The fourth-order valence-electron chi connectivity index (χ4n) is 1.34. The molecule has 0 fully saturated rings. The van der Waals surface area contributed by atoms with Crippen LogP contribution >= 0.6 is 0 Å². The Kier molecular flexibility index (Phi) is 2.86. The molecule has 3 N–H and O–H groups in total. The first-order chi connectivity index (χ1) is 7.79. The van der Waals surface area contributed by atoms with Crippen LogP contribution < -0.4 is 10.6 Å². The van der Waals surface area contributed by atoms with Gasteiger partial charge in [-0.05, 0) is 25.1 Å². The summed E-state index contributed by atoms with van der Waals surface area (Å²) in [4.78, 5) is 11.3. The first-order valence-corrected chi connectivity index (χ1v) is 4.91. The molecule has 1 aromatic heterocycles. The highest BCUT2D eigenvalue weighted by atomic mass is 16.2. The van der Waals surface area contributed by atoms with E-state index in [1.165, 1.54) is 0 Å². The molecule has 5 nitrogen and oxygen atoms in total. The van der Waals surface area contributed by atoms with Gasteiger partial charge in [-0.3, -0.25) is 5.10 Å². The van der Waals surface area contributed by atoms with Gasteiger partial charge < -0.3 is 10.6 Å². The van der Waals surface area contributed by atoms with Gasteiger partial charge in [-0.25, -0.2) is 4.79 Å². The standard InChI is InChI=1S/C11H12N4O/c1-2-5-12-11(16)14-9-4-3-8-7-13-15-10(8)6-9/h2-7H,1H3,(H,13,15)(H2,12,14,16)/b5-2+. The van der Waals surface area contributed by atoms with E-state index in [9.17, 15) is 4.79 Å². The molecule has 0 aliphatic carbocycles. The van der Waals surface area contributed by atoms with E-state index in [1.807, 2.05) is 25.1 Å². The zero-order chi connectivity index (χ0) is 11.4. The van der Waals surface area contributed by atoms with Gasteiger partial charge in [0.1, 0.15) is 0 Å². The number of rotatable bonds is 2. The number of fused-ring (bicyclic) bond motifs is 1. The molecule has 0 unspecified atom stereocenters. The van der Waals surface area contributed by atoms with Crippen molar-refractivity contribution in [1.82, 2.24) is 15.5 Å². The van der Waals surface area contributed by atoms with Gasteiger partial charge >= 0.3 is 6.03 Å². The minimum absolute atomic E-state index is 0.267. The molecule has 1 aromatic carbocycles. The molecule has 0 spiro atoms. The van der Waals surface area contributed by atoms with Crippen LogP contribution in [0.1, 0.15) is 6.92 Å². The third-order valence-electron chi connectivity index (χ3n) is 2.08. The van der Waals surface area contributed by atoms with E-state index < -0.39 is 0 Å². The maximum Gasteiger partial charge on any atom is 0.323 e. The lowest BCUT2D eigenvalue weighted by Crippen LogP contribution is -2.23. The van der Waals surface area contributed by atoms with Crippen LogP contribution in [0.3, 0.4) is 0 Å². The fraction of sp³-hybridized carbons (Fsp3) is 0.0909. The number of benzene rings is 1. The lowest BCUT2D eigenvalue weighted by Gasteiger charge is -2.03. The van der Waals surface area contributed by atoms with Crippen LogP contribution in [0, 0.1) is 0 Å². The molecule has 2 aromatic rings. The van der Waals surface area contributed by atoms with Crippen molar-refractivity contribution in [3.8, 4) is 0 Å². The summed E-state index contributed by atoms with van der Waals surface area (Å²) in [6.45, 7) is 1.83. The molecule has 0 aliphatic rings. The normalized spacial score (nSPS) is 10.8. The Morgan fingerprint density at radius 1 is 1.50 bits per heavy atom. The van der Waals surface area contributed by atoms with Gasteiger partial charge in [0.05, 0.1) is 11.7 Å². The molecule has 1 heterocycles. The van der Waals surface area contributed by atoms with Crippen LogP contribution in [0.2, 0.25) is 0 Å². The Morgan fingerprint density at radius 3 is 3.19 bits per heavy atom. The van der Waals surface area contributed by atoms with Crippen LogP contribution in [0.25, 0.3) is 10.9 Å². The number of amides is 2. The third kappa shape index (κ3) is 2.20. The average Bonchev–Trinajstić information content (AvgIpc) is 2.73. The summed E-state index contributed by atoms with van der Waals surface area (Å²) in [5, 5.41) is 13.0. The Labute approximate surface area is 92.5 Å². The van der Waals surface area contributed by atoms with Crippen LogP contribution in [0.4, 0.5) is 10.5 Å². The maximum atomic E-state index is 11.3. The highest BCUT2D eigenvalue weighted by molar-refractivity contribution is 5.92. The summed E-state index contributed by atoms with van der Waals surface area (Å²) < 4.78 is 0. The van der Waals surface area contributed by atoms with Crippen molar-refractivity contribution >= 4 is 22.6 Å².